The molecule has 1 aliphatic heterocycles. The maximum atomic E-state index is 4.13. The molecule has 0 fully saturated rings. The van der Waals surface area contributed by atoms with E-state index in [-0.39, 0.29) is 0 Å². The Morgan fingerprint density at radius 3 is 2.60 bits per heavy atom. The van der Waals surface area contributed by atoms with Crippen LogP contribution < -0.4 is 0 Å². The fourth-order valence-corrected chi connectivity index (χ4v) is 1.18. The second-order valence-electron chi connectivity index (χ2n) is 4.05. The third-order valence-corrected chi connectivity index (χ3v) is 1.47. The molecule has 0 aromatic carbocycles. The smallest absolute Gasteiger partial charge is 0.0603 e. The van der Waals surface area contributed by atoms with E-state index < -0.39 is 0 Å². The van der Waals surface area contributed by atoms with Gasteiger partial charge in [0.1, 0.15) is 0 Å². The lowest BCUT2D eigenvalue weighted by Gasteiger charge is -2.17. The van der Waals surface area contributed by atoms with Gasteiger partial charge >= 0.3 is 0 Å². The summed E-state index contributed by atoms with van der Waals surface area (Å²) in [6, 6.07) is 0. The molecule has 0 N–H and O–H groups in total. The molecule has 1 aliphatic rings. The Morgan fingerprint density at radius 1 is 1.50 bits per heavy atom. The van der Waals surface area contributed by atoms with E-state index in [1.54, 1.807) is 0 Å². The Labute approximate surface area is 62.9 Å². The van der Waals surface area contributed by atoms with Crippen molar-refractivity contribution >= 4 is 6.21 Å². The van der Waals surface area contributed by atoms with E-state index in [0.717, 1.165) is 6.54 Å². The molecule has 1 rings (SSSR count). The molecule has 1 heterocycles. The van der Waals surface area contributed by atoms with E-state index in [2.05, 4.69) is 31.8 Å². The number of hydrogen-bond acceptors (Lipinski definition) is 1. The van der Waals surface area contributed by atoms with Gasteiger partial charge in [0.25, 0.3) is 0 Å². The summed E-state index contributed by atoms with van der Waals surface area (Å²) in [5.74, 6) is 0. The van der Waals surface area contributed by atoms with Crippen LogP contribution in [0.1, 0.15) is 27.2 Å². The van der Waals surface area contributed by atoms with Gasteiger partial charge in [0, 0.05) is 6.21 Å². The summed E-state index contributed by atoms with van der Waals surface area (Å²) in [6.07, 6.45) is 5.21. The maximum Gasteiger partial charge on any atom is 0.0603 e. The molecule has 0 saturated heterocycles. The molecule has 0 atom stereocenters. The molecule has 0 saturated carbocycles. The second kappa shape index (κ2) is 2.57. The largest absolute Gasteiger partial charge is 0.289 e. The highest BCUT2D eigenvalue weighted by atomic mass is 14.7. The maximum absolute atomic E-state index is 4.13. The molecule has 0 spiro atoms. The highest BCUT2D eigenvalue weighted by Crippen LogP contribution is 2.24. The molecule has 0 aliphatic carbocycles. The molecule has 0 bridgehead atoms. The van der Waals surface area contributed by atoms with Crippen molar-refractivity contribution in [2.24, 2.45) is 10.4 Å². The van der Waals surface area contributed by atoms with Gasteiger partial charge in [0.05, 0.1) is 6.54 Å². The monoisotopic (exact) mass is 137 g/mol. The average Bonchev–Trinajstić information content (AvgIpc) is 2.12. The number of hydrogen-bond donors (Lipinski definition) is 0. The lowest BCUT2D eigenvalue weighted by molar-refractivity contribution is 0.408. The lowest BCUT2D eigenvalue weighted by atomic mass is 9.88. The van der Waals surface area contributed by atoms with Crippen molar-refractivity contribution in [3.8, 4) is 0 Å². The Hall–Kier alpha value is -0.590. The van der Waals surface area contributed by atoms with E-state index in [0.29, 0.717) is 5.41 Å². The van der Waals surface area contributed by atoms with Crippen molar-refractivity contribution < 1.29 is 0 Å². The molecule has 0 radical (unpaired) electrons. The fraction of sp³-hybridized carbons (Fsp3) is 0.667. The number of aliphatic imine (C=N–C) groups is 1. The molecule has 56 valence electrons. The predicted octanol–water partition coefficient (Wildman–Crippen LogP) is 2.43. The topological polar surface area (TPSA) is 12.4 Å². The predicted molar refractivity (Wildman–Crippen MR) is 45.5 cm³/mol. The molecule has 0 aromatic rings. The van der Waals surface area contributed by atoms with Crippen LogP contribution in [0.5, 0.6) is 0 Å². The van der Waals surface area contributed by atoms with Crippen LogP contribution in [0, 0.1) is 5.41 Å². The van der Waals surface area contributed by atoms with Gasteiger partial charge in [-0.1, -0.05) is 20.8 Å². The number of nitrogens with zero attached hydrogens (tertiary/aromatic N) is 1. The van der Waals surface area contributed by atoms with Crippen LogP contribution >= 0.6 is 0 Å². The van der Waals surface area contributed by atoms with E-state index in [1.165, 1.54) is 12.0 Å². The van der Waals surface area contributed by atoms with Gasteiger partial charge in [-0.2, -0.15) is 0 Å². The quantitative estimate of drug-likeness (QED) is 0.526. The third kappa shape index (κ3) is 2.34. The van der Waals surface area contributed by atoms with Gasteiger partial charge < -0.3 is 0 Å². The summed E-state index contributed by atoms with van der Waals surface area (Å²) >= 11 is 0. The summed E-state index contributed by atoms with van der Waals surface area (Å²) < 4.78 is 0. The van der Waals surface area contributed by atoms with E-state index >= 15 is 0 Å². The minimum Gasteiger partial charge on any atom is -0.289 e. The fourth-order valence-electron chi connectivity index (χ4n) is 1.18. The normalized spacial score (nSPS) is 17.7. The first-order valence-corrected chi connectivity index (χ1v) is 3.76. The van der Waals surface area contributed by atoms with E-state index in [1.807, 2.05) is 6.21 Å². The summed E-state index contributed by atoms with van der Waals surface area (Å²) in [6.45, 7) is 7.70. The van der Waals surface area contributed by atoms with Gasteiger partial charge in [-0.25, -0.2) is 0 Å². The van der Waals surface area contributed by atoms with Crippen LogP contribution in [0.4, 0.5) is 0 Å². The third-order valence-electron chi connectivity index (χ3n) is 1.47. The van der Waals surface area contributed by atoms with Crippen LogP contribution in [-0.2, 0) is 0 Å². The summed E-state index contributed by atoms with van der Waals surface area (Å²) in [7, 11) is 0. The molecule has 1 nitrogen and oxygen atoms in total. The molecular weight excluding hydrogens is 122 g/mol. The van der Waals surface area contributed by atoms with Crippen LogP contribution in [0.15, 0.2) is 16.6 Å². The molecular formula is C9H15N. The minimum atomic E-state index is 0.416. The van der Waals surface area contributed by atoms with Gasteiger partial charge in [-0.15, -0.1) is 0 Å². The van der Waals surface area contributed by atoms with E-state index in [9.17, 15) is 0 Å². The summed E-state index contributed by atoms with van der Waals surface area (Å²) in [4.78, 5) is 4.13. The Morgan fingerprint density at radius 2 is 2.20 bits per heavy atom. The Kier molecular flexibility index (Phi) is 1.93. The summed E-state index contributed by atoms with van der Waals surface area (Å²) in [5, 5.41) is 0. The number of allylic oxidation sites excluding steroid dienone is 1. The highest BCUT2D eigenvalue weighted by molar-refractivity contribution is 5.75. The molecule has 10 heavy (non-hydrogen) atoms. The van der Waals surface area contributed by atoms with E-state index in [4.69, 9.17) is 0 Å². The molecule has 0 aromatic heterocycles. The van der Waals surface area contributed by atoms with Crippen LogP contribution in [0.25, 0.3) is 0 Å². The van der Waals surface area contributed by atoms with Gasteiger partial charge in [0.2, 0.25) is 0 Å². The van der Waals surface area contributed by atoms with Crippen LogP contribution in [0.2, 0.25) is 0 Å². The Bertz CT molecular complexity index is 170. The highest BCUT2D eigenvalue weighted by Gasteiger charge is 2.13. The zero-order valence-corrected chi connectivity index (χ0v) is 7.02. The SMILES string of the molecule is CC(C)(C)CC1=CC=NC1. The first-order valence-electron chi connectivity index (χ1n) is 3.76. The number of rotatable bonds is 1. The molecule has 0 unspecified atom stereocenters. The van der Waals surface area contributed by atoms with Crippen LogP contribution in [-0.4, -0.2) is 12.8 Å². The van der Waals surface area contributed by atoms with Crippen molar-refractivity contribution in [2.75, 3.05) is 6.54 Å². The van der Waals surface area contributed by atoms with Gasteiger partial charge in [0.15, 0.2) is 0 Å². The standard InChI is InChI=1S/C9H15N/c1-9(2,3)6-8-4-5-10-7-8/h4-5H,6-7H2,1-3H3. The minimum absolute atomic E-state index is 0.416. The van der Waals surface area contributed by atoms with Crippen LogP contribution in [0.3, 0.4) is 0 Å². The zero-order chi connectivity index (χ0) is 7.61. The molecule has 1 heteroatoms. The second-order valence-corrected chi connectivity index (χ2v) is 4.05. The first-order chi connectivity index (χ1) is 4.58. The van der Waals surface area contributed by atoms with Crippen molar-refractivity contribution in [3.63, 3.8) is 0 Å². The van der Waals surface area contributed by atoms with Gasteiger partial charge in [-0.3, -0.25) is 4.99 Å². The van der Waals surface area contributed by atoms with Crippen molar-refractivity contribution in [2.45, 2.75) is 27.2 Å². The zero-order valence-electron chi connectivity index (χ0n) is 7.02. The van der Waals surface area contributed by atoms with Gasteiger partial charge in [-0.05, 0) is 23.5 Å². The first kappa shape index (κ1) is 7.52. The Balaban J connectivity index is 2.41. The van der Waals surface area contributed by atoms with Crippen molar-refractivity contribution in [3.05, 3.63) is 11.6 Å². The average molecular weight is 137 g/mol. The van der Waals surface area contributed by atoms with Crippen molar-refractivity contribution in [1.29, 1.82) is 0 Å². The molecule has 0 amide bonds. The lowest BCUT2D eigenvalue weighted by Crippen LogP contribution is -2.06. The van der Waals surface area contributed by atoms with Crippen molar-refractivity contribution in [1.82, 2.24) is 0 Å². The summed E-state index contributed by atoms with van der Waals surface area (Å²) in [5.41, 5.74) is 1.88.